The van der Waals surface area contributed by atoms with Crippen LogP contribution in [0.15, 0.2) is 128 Å². The van der Waals surface area contributed by atoms with Crippen LogP contribution >= 0.6 is 40.1 Å². The van der Waals surface area contributed by atoms with E-state index in [2.05, 4.69) is 131 Å². The minimum atomic E-state index is -2.56. The number of ether oxygens (including phenoxy) is 2. The Morgan fingerprint density at radius 2 is 0.985 bits per heavy atom. The van der Waals surface area contributed by atoms with Crippen molar-refractivity contribution in [3.05, 3.63) is 152 Å². The molecular formula is C54H67Br2N2O7P. The van der Waals surface area contributed by atoms with E-state index >= 15 is 0 Å². The number of nitrogens with one attached hydrogen (secondary N) is 2. The van der Waals surface area contributed by atoms with Gasteiger partial charge in [-0.3, -0.25) is 4.57 Å². The first-order chi connectivity index (χ1) is 32.1. The third-order valence-corrected chi connectivity index (χ3v) is 13.4. The highest BCUT2D eigenvalue weighted by Gasteiger charge is 2.13. The average molecular weight is 1050 g/mol. The van der Waals surface area contributed by atoms with Gasteiger partial charge in [0.15, 0.2) is 0 Å². The summed E-state index contributed by atoms with van der Waals surface area (Å²) >= 11 is 7.52. The molecule has 6 aromatic rings. The summed E-state index contributed by atoms with van der Waals surface area (Å²) in [6.07, 6.45) is 14.2. The SMILES string of the molecule is CC(C)Cc1ccc(CCCOc2ccc(CNCCCO[PH](=O)OCCCNCc3ccc(OCCCc4ccc(CC(C)C)c(Br)c4)c(-c4ccoc4)c3)cc2-c2ccoc2)cc1Br. The fourth-order valence-electron chi connectivity index (χ4n) is 7.75. The van der Waals surface area contributed by atoms with Crippen LogP contribution in [0.1, 0.15) is 86.8 Å². The van der Waals surface area contributed by atoms with Gasteiger partial charge in [-0.2, -0.15) is 0 Å². The van der Waals surface area contributed by atoms with Crippen LogP contribution in [0.2, 0.25) is 0 Å². The van der Waals surface area contributed by atoms with Crippen molar-refractivity contribution in [3.63, 3.8) is 0 Å². The molecule has 0 radical (unpaired) electrons. The molecule has 0 fully saturated rings. The van der Waals surface area contributed by atoms with Crippen LogP contribution in [-0.4, -0.2) is 39.5 Å². The number of benzene rings is 4. The third kappa shape index (κ3) is 17.3. The number of furan rings is 2. The fraction of sp³-hybridized carbons (Fsp3) is 0.407. The molecule has 0 aliphatic carbocycles. The van der Waals surface area contributed by atoms with Crippen LogP contribution in [0.25, 0.3) is 22.3 Å². The summed E-state index contributed by atoms with van der Waals surface area (Å²) in [7, 11) is -2.56. The zero-order chi connectivity index (χ0) is 46.5. The lowest BCUT2D eigenvalue weighted by atomic mass is 10.0. The highest BCUT2D eigenvalue weighted by molar-refractivity contribution is 9.10. The standard InChI is InChI=1S/C54H67Br2N2O7P/c1-39(2)29-45-15-11-41(33-51(45)55)9-5-23-62-53-17-13-43(31-49(53)47-19-27-60-37-47)35-57-21-7-25-64-66(59)65-26-8-22-58-36-44-14-18-54(50(32-44)48-20-28-61-38-48)63-24-6-10-42-12-16-46(30-40(3)4)52(56)34-42/h11-20,27-28,31-34,37-40,57-58,66H,5-10,21-26,29-30,35-36H2,1-4H3. The Bertz CT molecular complexity index is 2210. The van der Waals surface area contributed by atoms with E-state index in [0.717, 1.165) is 83.4 Å². The van der Waals surface area contributed by atoms with Crippen molar-refractivity contribution in [2.45, 2.75) is 92.2 Å². The number of hydrogen-bond acceptors (Lipinski definition) is 9. The Morgan fingerprint density at radius 1 is 0.545 bits per heavy atom. The molecule has 0 amide bonds. The van der Waals surface area contributed by atoms with E-state index in [1.807, 2.05) is 24.3 Å². The molecule has 12 heteroatoms. The van der Waals surface area contributed by atoms with E-state index in [9.17, 15) is 4.57 Å². The number of aryl methyl sites for hydroxylation is 2. The van der Waals surface area contributed by atoms with Crippen LogP contribution in [0.4, 0.5) is 0 Å². The van der Waals surface area contributed by atoms with Gasteiger partial charge in [0.05, 0.1) is 51.5 Å². The Labute approximate surface area is 410 Å². The first-order valence-corrected chi connectivity index (χ1v) is 26.2. The number of rotatable bonds is 30. The lowest BCUT2D eigenvalue weighted by Crippen LogP contribution is -2.16. The average Bonchev–Trinajstić information content (AvgIpc) is 4.05. The van der Waals surface area contributed by atoms with Crippen LogP contribution in [0, 0.1) is 11.8 Å². The minimum absolute atomic E-state index is 0.359. The van der Waals surface area contributed by atoms with Gasteiger partial charge in [-0.25, -0.2) is 0 Å². The largest absolute Gasteiger partial charge is 0.493 e. The zero-order valence-electron chi connectivity index (χ0n) is 39.0. The molecule has 0 atom stereocenters. The molecule has 0 saturated heterocycles. The molecule has 2 heterocycles. The van der Waals surface area contributed by atoms with E-state index in [1.165, 1.54) is 31.2 Å². The van der Waals surface area contributed by atoms with Crippen LogP contribution < -0.4 is 20.1 Å². The molecule has 2 aromatic heterocycles. The summed E-state index contributed by atoms with van der Waals surface area (Å²) in [5.74, 6) is 2.93. The van der Waals surface area contributed by atoms with E-state index in [4.69, 9.17) is 27.4 Å². The van der Waals surface area contributed by atoms with Gasteiger partial charge >= 0.3 is 8.25 Å². The van der Waals surface area contributed by atoms with Gasteiger partial charge in [-0.1, -0.05) is 96.0 Å². The first kappa shape index (κ1) is 51.5. The first-order valence-electron chi connectivity index (χ1n) is 23.4. The minimum Gasteiger partial charge on any atom is -0.493 e. The smallest absolute Gasteiger partial charge is 0.319 e. The molecule has 354 valence electrons. The molecule has 66 heavy (non-hydrogen) atoms. The molecule has 0 aliphatic rings. The molecule has 4 aromatic carbocycles. The van der Waals surface area contributed by atoms with E-state index in [-0.39, 0.29) is 0 Å². The quantitative estimate of drug-likeness (QED) is 0.0337. The monoisotopic (exact) mass is 1040 g/mol. The van der Waals surface area contributed by atoms with Crippen LogP contribution in [0.3, 0.4) is 0 Å². The maximum Gasteiger partial charge on any atom is 0.319 e. The molecule has 0 unspecified atom stereocenters. The number of hydrogen-bond donors (Lipinski definition) is 2. The van der Waals surface area contributed by atoms with Crippen LogP contribution in [0.5, 0.6) is 11.5 Å². The predicted molar refractivity (Wildman–Crippen MR) is 275 cm³/mol. The summed E-state index contributed by atoms with van der Waals surface area (Å²) < 4.78 is 49.2. The summed E-state index contributed by atoms with van der Waals surface area (Å²) in [5.41, 5.74) is 11.6. The van der Waals surface area contributed by atoms with Crippen molar-refractivity contribution < 1.29 is 31.9 Å². The zero-order valence-corrected chi connectivity index (χ0v) is 43.1. The predicted octanol–water partition coefficient (Wildman–Crippen LogP) is 14.2. The van der Waals surface area contributed by atoms with Crippen molar-refractivity contribution in [2.75, 3.05) is 39.5 Å². The third-order valence-electron chi connectivity index (χ3n) is 11.1. The Hall–Kier alpha value is -3.93. The Balaban J connectivity index is 0.831. The summed E-state index contributed by atoms with van der Waals surface area (Å²) in [4.78, 5) is 0. The molecular weight excluding hydrogens is 979 g/mol. The Kier molecular flexibility index (Phi) is 21.7. The normalized spacial score (nSPS) is 11.7. The second kappa shape index (κ2) is 27.8. The van der Waals surface area contributed by atoms with Gasteiger partial charge in [0.2, 0.25) is 0 Å². The van der Waals surface area contributed by atoms with Crippen molar-refractivity contribution in [3.8, 4) is 33.8 Å². The molecule has 0 spiro atoms. The van der Waals surface area contributed by atoms with Gasteiger partial charge < -0.3 is 38.0 Å². The van der Waals surface area contributed by atoms with Crippen molar-refractivity contribution in [1.82, 2.24) is 10.6 Å². The summed E-state index contributed by atoms with van der Waals surface area (Å²) in [6.45, 7) is 13.7. The molecule has 0 aliphatic heterocycles. The van der Waals surface area contributed by atoms with E-state index < -0.39 is 8.25 Å². The molecule has 0 saturated carbocycles. The van der Waals surface area contributed by atoms with Crippen molar-refractivity contribution >= 4 is 40.1 Å². The van der Waals surface area contributed by atoms with Gasteiger partial charge in [-0.05, 0) is 158 Å². The van der Waals surface area contributed by atoms with Crippen LogP contribution in [-0.2, 0) is 52.4 Å². The lowest BCUT2D eigenvalue weighted by molar-refractivity contribution is 0.220. The fourth-order valence-corrected chi connectivity index (χ4v) is 9.63. The summed E-state index contributed by atoms with van der Waals surface area (Å²) in [5, 5.41) is 6.95. The van der Waals surface area contributed by atoms with Gasteiger partial charge in [-0.15, -0.1) is 0 Å². The molecule has 9 nitrogen and oxygen atoms in total. The topological polar surface area (TPSA) is 104 Å². The highest BCUT2D eigenvalue weighted by Crippen LogP contribution is 2.34. The van der Waals surface area contributed by atoms with Gasteiger partial charge in [0.1, 0.15) is 11.5 Å². The maximum atomic E-state index is 12.4. The van der Waals surface area contributed by atoms with Gasteiger partial charge in [0, 0.05) is 44.3 Å². The Morgan fingerprint density at radius 3 is 1.38 bits per heavy atom. The van der Waals surface area contributed by atoms with Gasteiger partial charge in [0.25, 0.3) is 0 Å². The number of halogens is 2. The molecule has 0 bridgehead atoms. The lowest BCUT2D eigenvalue weighted by Gasteiger charge is -2.14. The van der Waals surface area contributed by atoms with E-state index in [1.54, 1.807) is 25.1 Å². The molecule has 2 N–H and O–H groups in total. The maximum absolute atomic E-state index is 12.4. The molecule has 6 rings (SSSR count). The highest BCUT2D eigenvalue weighted by atomic mass is 79.9. The van der Waals surface area contributed by atoms with Crippen molar-refractivity contribution in [2.24, 2.45) is 11.8 Å². The van der Waals surface area contributed by atoms with Crippen molar-refractivity contribution in [1.29, 1.82) is 0 Å². The second-order valence-corrected chi connectivity index (χ2v) is 20.4. The summed E-state index contributed by atoms with van der Waals surface area (Å²) in [6, 6.07) is 29.9. The van der Waals surface area contributed by atoms with E-state index in [0.29, 0.717) is 77.3 Å². The second-order valence-electron chi connectivity index (χ2n) is 17.6.